The molecule has 0 spiro atoms. The van der Waals surface area contributed by atoms with Gasteiger partial charge in [-0.25, -0.2) is 0 Å². The summed E-state index contributed by atoms with van der Waals surface area (Å²) < 4.78 is 16.3. The maximum absolute atomic E-state index is 11.5. The summed E-state index contributed by atoms with van der Waals surface area (Å²) in [7, 11) is 0. The molecule has 1 aliphatic heterocycles. The van der Waals surface area contributed by atoms with Gasteiger partial charge in [-0.15, -0.1) is 0 Å². The fraction of sp³-hybridized carbons (Fsp3) is 0. The van der Waals surface area contributed by atoms with E-state index in [9.17, 15) is 10.1 Å². The standard InChI is InChI=1S/C13H8BrClN2O4.2C6H5.Sn/c14-10-4-8(15)5-11(13(10)19)16-6-7-3-9(17(20)21)1-2-12(7)18;2*1-2-4-6-5-3-1;/h1-6,18-19H;2*1-5H;/q;;;+2/p-2. The van der Waals surface area contributed by atoms with Crippen LogP contribution in [0.4, 0.5) is 11.4 Å². The van der Waals surface area contributed by atoms with Crippen molar-refractivity contribution in [3.05, 3.63) is 116 Å². The van der Waals surface area contributed by atoms with E-state index in [-0.39, 0.29) is 5.69 Å². The van der Waals surface area contributed by atoms with Crippen LogP contribution in [0, 0.1) is 10.1 Å². The number of hydrogen-bond donors (Lipinski definition) is 0. The summed E-state index contributed by atoms with van der Waals surface area (Å²) in [6.45, 7) is 0. The molecule has 168 valence electrons. The van der Waals surface area contributed by atoms with Crippen LogP contribution < -0.4 is 13.3 Å². The first kappa shape index (κ1) is 22.9. The van der Waals surface area contributed by atoms with Crippen molar-refractivity contribution in [1.82, 2.24) is 0 Å². The van der Waals surface area contributed by atoms with E-state index in [2.05, 4.69) is 20.9 Å². The Balaban J connectivity index is 1.85. The third kappa shape index (κ3) is 4.31. The van der Waals surface area contributed by atoms with Crippen molar-refractivity contribution in [2.24, 2.45) is 4.99 Å². The Morgan fingerprint density at radius 1 is 0.882 bits per heavy atom. The minimum absolute atomic E-state index is 0.0540. The van der Waals surface area contributed by atoms with Crippen LogP contribution in [-0.2, 0) is 0 Å². The van der Waals surface area contributed by atoms with Gasteiger partial charge in [-0.2, -0.15) is 0 Å². The zero-order valence-electron chi connectivity index (χ0n) is 17.5. The van der Waals surface area contributed by atoms with Gasteiger partial charge < -0.3 is 0 Å². The van der Waals surface area contributed by atoms with Crippen LogP contribution in [0.25, 0.3) is 0 Å². The van der Waals surface area contributed by atoms with Crippen LogP contribution in [0.3, 0.4) is 0 Å². The Morgan fingerprint density at radius 2 is 1.53 bits per heavy atom. The van der Waals surface area contributed by atoms with Crippen molar-refractivity contribution in [2.75, 3.05) is 0 Å². The average Bonchev–Trinajstić information content (AvgIpc) is 2.92. The summed E-state index contributed by atoms with van der Waals surface area (Å²) in [6, 6.07) is 27.6. The molecule has 0 unspecified atom stereocenters. The molecule has 6 nitrogen and oxygen atoms in total. The summed E-state index contributed by atoms with van der Waals surface area (Å²) in [6.07, 6.45) is 1.55. The Labute approximate surface area is 214 Å². The van der Waals surface area contributed by atoms with E-state index in [0.29, 0.717) is 32.2 Å². The van der Waals surface area contributed by atoms with Gasteiger partial charge in [0, 0.05) is 0 Å². The van der Waals surface area contributed by atoms with E-state index < -0.39 is 24.1 Å². The second kappa shape index (κ2) is 9.40. The molecule has 1 heterocycles. The van der Waals surface area contributed by atoms with Gasteiger partial charge in [0.2, 0.25) is 0 Å². The second-order valence-corrected chi connectivity index (χ2v) is 16.8. The number of benzene rings is 4. The molecule has 0 saturated heterocycles. The van der Waals surface area contributed by atoms with Crippen molar-refractivity contribution < 1.29 is 11.1 Å². The van der Waals surface area contributed by atoms with Gasteiger partial charge in [-0.3, -0.25) is 0 Å². The molecule has 4 aromatic rings. The Morgan fingerprint density at radius 3 is 2.15 bits per heavy atom. The zero-order chi connectivity index (χ0) is 23.7. The molecule has 9 heteroatoms. The van der Waals surface area contributed by atoms with Crippen LogP contribution >= 0.6 is 27.5 Å². The number of rotatable bonds is 3. The normalized spacial score (nSPS) is 13.8. The molecule has 0 saturated carbocycles. The Bertz CT molecular complexity index is 1380. The van der Waals surface area contributed by atoms with Gasteiger partial charge in [0.15, 0.2) is 0 Å². The van der Waals surface area contributed by atoms with Crippen molar-refractivity contribution in [2.45, 2.75) is 0 Å². The fourth-order valence-corrected chi connectivity index (χ4v) is 13.9. The van der Waals surface area contributed by atoms with Gasteiger partial charge in [0.1, 0.15) is 0 Å². The van der Waals surface area contributed by atoms with Crippen LogP contribution in [0.5, 0.6) is 11.5 Å². The Kier molecular flexibility index (Phi) is 6.33. The van der Waals surface area contributed by atoms with E-state index in [0.717, 1.165) is 7.16 Å². The minimum atomic E-state index is -4.51. The molecule has 0 atom stereocenters. The molecule has 5 rings (SSSR count). The molecule has 1 aliphatic rings. The van der Waals surface area contributed by atoms with Crippen LogP contribution in [-0.4, -0.2) is 30.3 Å². The van der Waals surface area contributed by atoms with E-state index >= 15 is 0 Å². The number of nitro benzene ring substituents is 1. The molecule has 34 heavy (non-hydrogen) atoms. The predicted octanol–water partition coefficient (Wildman–Crippen LogP) is 5.79. The average molecular weight is 642 g/mol. The first-order valence-corrected chi connectivity index (χ1v) is 16.6. The molecule has 0 aromatic heterocycles. The monoisotopic (exact) mass is 642 g/mol. The van der Waals surface area contributed by atoms with Gasteiger partial charge in [-0.1, -0.05) is 0 Å². The van der Waals surface area contributed by atoms with Crippen LogP contribution in [0.1, 0.15) is 5.56 Å². The molecule has 4 aromatic carbocycles. The van der Waals surface area contributed by atoms with Crippen LogP contribution in [0.15, 0.2) is 100 Å². The molecule has 0 aliphatic carbocycles. The van der Waals surface area contributed by atoms with Crippen molar-refractivity contribution >= 4 is 71.5 Å². The van der Waals surface area contributed by atoms with Gasteiger partial charge in [0.05, 0.1) is 0 Å². The molecule has 0 fully saturated rings. The summed E-state index contributed by atoms with van der Waals surface area (Å²) in [5, 5.41) is 11.9. The molecular weight excluding hydrogens is 626 g/mol. The van der Waals surface area contributed by atoms with E-state index in [1.165, 1.54) is 12.1 Å². The van der Waals surface area contributed by atoms with Crippen LogP contribution in [0.2, 0.25) is 5.02 Å². The van der Waals surface area contributed by atoms with Crippen molar-refractivity contribution in [3.8, 4) is 11.5 Å². The summed E-state index contributed by atoms with van der Waals surface area (Å²) >= 11 is 5.40. The number of fused-ring (bicyclic) bond motifs is 2. The second-order valence-electron chi connectivity index (χ2n) is 7.53. The molecular formula is C25H16BrClN2O4Sn. The van der Waals surface area contributed by atoms with Gasteiger partial charge >= 0.3 is 215 Å². The number of non-ortho nitro benzene ring substituents is 1. The van der Waals surface area contributed by atoms with Crippen molar-refractivity contribution in [3.63, 3.8) is 0 Å². The third-order valence-electron chi connectivity index (χ3n) is 5.34. The first-order chi connectivity index (χ1) is 16.5. The number of nitro groups is 1. The topological polar surface area (TPSA) is 74.0 Å². The van der Waals surface area contributed by atoms with E-state index in [1.807, 2.05) is 60.7 Å². The zero-order valence-corrected chi connectivity index (χ0v) is 22.7. The van der Waals surface area contributed by atoms with Gasteiger partial charge in [0.25, 0.3) is 0 Å². The van der Waals surface area contributed by atoms with Gasteiger partial charge in [-0.05, 0) is 0 Å². The number of nitrogens with zero attached hydrogens (tertiary/aromatic N) is 2. The summed E-state index contributed by atoms with van der Waals surface area (Å²) in [5.74, 6) is 0.972. The molecule has 0 N–H and O–H groups in total. The van der Waals surface area contributed by atoms with Crippen molar-refractivity contribution in [1.29, 1.82) is 0 Å². The predicted molar refractivity (Wildman–Crippen MR) is 139 cm³/mol. The Hall–Kier alpha value is -2.88. The fourth-order valence-electron chi connectivity index (χ4n) is 3.76. The molecule has 0 radical (unpaired) electrons. The number of aliphatic imine (C=N–C) groups is 1. The number of hydrogen-bond acceptors (Lipinski definition) is 5. The summed E-state index contributed by atoms with van der Waals surface area (Å²) in [4.78, 5) is 15.6. The maximum atomic E-state index is 11.5. The number of halogens is 2. The quantitative estimate of drug-likeness (QED) is 0.161. The first-order valence-electron chi connectivity index (χ1n) is 10.3. The SMILES string of the molecule is O=[N+]([O-])c1ccc2c(c1)C=Nc1cc(Cl)cc(Br)c1[O][Sn]([c]1ccccc1)([c]1ccccc1)[O]2. The molecule has 0 bridgehead atoms. The molecule has 0 amide bonds. The van der Waals surface area contributed by atoms with E-state index in [4.69, 9.17) is 17.7 Å². The summed E-state index contributed by atoms with van der Waals surface area (Å²) in [5.41, 5.74) is 0.923. The third-order valence-corrected chi connectivity index (χ3v) is 15.2. The van der Waals surface area contributed by atoms with E-state index in [1.54, 1.807) is 24.4 Å².